The number of aromatic nitrogens is 1. The minimum Gasteiger partial charge on any atom is -0.294 e. The summed E-state index contributed by atoms with van der Waals surface area (Å²) in [6.07, 6.45) is 1.76. The SMILES string of the molecule is CC(=O)c1cc(Br)ccc1Sc1nccs1. The van der Waals surface area contributed by atoms with Crippen molar-refractivity contribution >= 4 is 44.8 Å². The molecule has 0 radical (unpaired) electrons. The van der Waals surface area contributed by atoms with Gasteiger partial charge in [-0.1, -0.05) is 27.7 Å². The van der Waals surface area contributed by atoms with Crippen LogP contribution in [-0.2, 0) is 0 Å². The zero-order chi connectivity index (χ0) is 11.5. The summed E-state index contributed by atoms with van der Waals surface area (Å²) in [4.78, 5) is 16.6. The number of halogens is 1. The van der Waals surface area contributed by atoms with E-state index in [1.807, 2.05) is 23.6 Å². The van der Waals surface area contributed by atoms with E-state index in [0.29, 0.717) is 0 Å². The summed E-state index contributed by atoms with van der Waals surface area (Å²) in [5, 5.41) is 1.93. The summed E-state index contributed by atoms with van der Waals surface area (Å²) in [5.74, 6) is 0.0698. The summed E-state index contributed by atoms with van der Waals surface area (Å²) in [7, 11) is 0. The Morgan fingerprint density at radius 1 is 1.50 bits per heavy atom. The molecule has 1 heterocycles. The summed E-state index contributed by atoms with van der Waals surface area (Å²) in [5.41, 5.74) is 0.731. The van der Waals surface area contributed by atoms with Crippen LogP contribution in [0.4, 0.5) is 0 Å². The minimum absolute atomic E-state index is 0.0698. The van der Waals surface area contributed by atoms with Crippen molar-refractivity contribution in [2.75, 3.05) is 0 Å². The van der Waals surface area contributed by atoms with E-state index in [9.17, 15) is 4.79 Å². The van der Waals surface area contributed by atoms with Gasteiger partial charge in [0.2, 0.25) is 0 Å². The number of Topliss-reactive ketones (excluding diaryl/α,β-unsaturated/α-hetero) is 1. The molecule has 2 nitrogen and oxygen atoms in total. The minimum atomic E-state index is 0.0698. The van der Waals surface area contributed by atoms with Crippen LogP contribution in [-0.4, -0.2) is 10.8 Å². The highest BCUT2D eigenvalue weighted by atomic mass is 79.9. The van der Waals surface area contributed by atoms with Crippen molar-refractivity contribution < 1.29 is 4.79 Å². The number of rotatable bonds is 3. The van der Waals surface area contributed by atoms with E-state index >= 15 is 0 Å². The molecule has 0 unspecified atom stereocenters. The van der Waals surface area contributed by atoms with Gasteiger partial charge in [0, 0.05) is 26.5 Å². The lowest BCUT2D eigenvalue weighted by Crippen LogP contribution is -1.94. The third-order valence-corrected chi connectivity index (χ3v) is 4.38. The summed E-state index contributed by atoms with van der Waals surface area (Å²) in [6, 6.07) is 5.72. The van der Waals surface area contributed by atoms with Gasteiger partial charge in [-0.25, -0.2) is 4.98 Å². The molecule has 0 aliphatic heterocycles. The van der Waals surface area contributed by atoms with Crippen LogP contribution in [0.1, 0.15) is 17.3 Å². The molecule has 0 atom stereocenters. The molecule has 0 amide bonds. The molecule has 1 aromatic heterocycles. The highest BCUT2D eigenvalue weighted by Gasteiger charge is 2.10. The third kappa shape index (κ3) is 2.72. The first-order valence-corrected chi connectivity index (χ1v) is 7.03. The number of hydrogen-bond donors (Lipinski definition) is 0. The predicted octanol–water partition coefficient (Wildman–Crippen LogP) is 4.26. The second-order valence-electron chi connectivity index (χ2n) is 3.10. The molecule has 1 aromatic carbocycles. The molecule has 0 aliphatic rings. The molecule has 0 spiro atoms. The fraction of sp³-hybridized carbons (Fsp3) is 0.0909. The van der Waals surface area contributed by atoms with Gasteiger partial charge in [0.1, 0.15) is 0 Å². The quantitative estimate of drug-likeness (QED) is 0.793. The van der Waals surface area contributed by atoms with Crippen molar-refractivity contribution in [3.05, 3.63) is 39.8 Å². The van der Waals surface area contributed by atoms with Gasteiger partial charge in [0.25, 0.3) is 0 Å². The molecule has 0 bridgehead atoms. The Labute approximate surface area is 110 Å². The number of carbonyl (C=O) groups excluding carboxylic acids is 1. The second-order valence-corrected chi connectivity index (χ2v) is 6.20. The Balaban J connectivity index is 2.36. The molecule has 0 saturated heterocycles. The second kappa shape index (κ2) is 5.12. The number of carbonyl (C=O) groups is 1. The van der Waals surface area contributed by atoms with E-state index in [1.54, 1.807) is 24.5 Å². The summed E-state index contributed by atoms with van der Waals surface area (Å²) in [6.45, 7) is 1.58. The first-order valence-electron chi connectivity index (χ1n) is 4.54. The van der Waals surface area contributed by atoms with Crippen LogP contribution >= 0.6 is 39.0 Å². The lowest BCUT2D eigenvalue weighted by molar-refractivity contribution is 0.101. The van der Waals surface area contributed by atoms with Crippen LogP contribution in [0.25, 0.3) is 0 Å². The first-order chi connectivity index (χ1) is 7.66. The Hall–Kier alpha value is -0.650. The normalized spacial score (nSPS) is 10.4. The van der Waals surface area contributed by atoms with E-state index in [1.165, 1.54) is 11.8 Å². The fourth-order valence-corrected chi connectivity index (χ4v) is 3.32. The molecule has 0 N–H and O–H groups in total. The van der Waals surface area contributed by atoms with Crippen molar-refractivity contribution in [1.29, 1.82) is 0 Å². The molecule has 2 aromatic rings. The van der Waals surface area contributed by atoms with Crippen molar-refractivity contribution in [3.63, 3.8) is 0 Å². The van der Waals surface area contributed by atoms with Crippen LogP contribution in [0.2, 0.25) is 0 Å². The molecular formula is C11H8BrNOS2. The topological polar surface area (TPSA) is 30.0 Å². The number of hydrogen-bond acceptors (Lipinski definition) is 4. The maximum Gasteiger partial charge on any atom is 0.160 e. The monoisotopic (exact) mass is 313 g/mol. The Morgan fingerprint density at radius 3 is 2.94 bits per heavy atom. The average Bonchev–Trinajstić information content (AvgIpc) is 2.73. The van der Waals surface area contributed by atoms with E-state index in [4.69, 9.17) is 0 Å². The molecule has 2 rings (SSSR count). The van der Waals surface area contributed by atoms with Gasteiger partial charge in [-0.3, -0.25) is 4.79 Å². The van der Waals surface area contributed by atoms with Crippen molar-refractivity contribution in [1.82, 2.24) is 4.98 Å². The number of nitrogens with zero attached hydrogens (tertiary/aromatic N) is 1. The Morgan fingerprint density at radius 2 is 2.31 bits per heavy atom. The van der Waals surface area contributed by atoms with Gasteiger partial charge < -0.3 is 0 Å². The molecule has 5 heteroatoms. The summed E-state index contributed by atoms with van der Waals surface area (Å²) < 4.78 is 1.87. The van der Waals surface area contributed by atoms with Crippen molar-refractivity contribution in [3.8, 4) is 0 Å². The van der Waals surface area contributed by atoms with Crippen molar-refractivity contribution in [2.45, 2.75) is 16.2 Å². The van der Waals surface area contributed by atoms with E-state index in [-0.39, 0.29) is 5.78 Å². The lowest BCUT2D eigenvalue weighted by Gasteiger charge is -2.04. The van der Waals surface area contributed by atoms with Crippen molar-refractivity contribution in [2.24, 2.45) is 0 Å². The van der Waals surface area contributed by atoms with Gasteiger partial charge in [-0.15, -0.1) is 11.3 Å². The first kappa shape index (κ1) is 11.8. The maximum absolute atomic E-state index is 11.5. The van der Waals surface area contributed by atoms with E-state index < -0.39 is 0 Å². The third-order valence-electron chi connectivity index (χ3n) is 1.93. The highest BCUT2D eigenvalue weighted by molar-refractivity contribution is 9.10. The molecule has 0 aliphatic carbocycles. The number of benzene rings is 1. The van der Waals surface area contributed by atoms with E-state index in [2.05, 4.69) is 20.9 Å². The zero-order valence-electron chi connectivity index (χ0n) is 8.44. The van der Waals surface area contributed by atoms with Crippen LogP contribution in [0.5, 0.6) is 0 Å². The summed E-state index contributed by atoms with van der Waals surface area (Å²) >= 11 is 6.46. The molecule has 82 valence electrons. The molecule has 0 fully saturated rings. The van der Waals surface area contributed by atoms with Gasteiger partial charge >= 0.3 is 0 Å². The largest absolute Gasteiger partial charge is 0.294 e. The van der Waals surface area contributed by atoms with Crippen LogP contribution in [0, 0.1) is 0 Å². The number of ketones is 1. The van der Waals surface area contributed by atoms with E-state index in [0.717, 1.165) is 19.3 Å². The highest BCUT2D eigenvalue weighted by Crippen LogP contribution is 2.33. The standard InChI is InChI=1S/C11H8BrNOS2/c1-7(14)9-6-8(12)2-3-10(9)16-11-13-4-5-15-11/h2-6H,1H3. The van der Waals surface area contributed by atoms with Crippen LogP contribution < -0.4 is 0 Å². The Kier molecular flexibility index (Phi) is 3.78. The average molecular weight is 314 g/mol. The van der Waals surface area contributed by atoms with Crippen LogP contribution in [0.3, 0.4) is 0 Å². The van der Waals surface area contributed by atoms with Crippen LogP contribution in [0.15, 0.2) is 43.5 Å². The Bertz CT molecular complexity index is 511. The molecular weight excluding hydrogens is 306 g/mol. The maximum atomic E-state index is 11.5. The molecule has 0 saturated carbocycles. The molecule has 16 heavy (non-hydrogen) atoms. The zero-order valence-corrected chi connectivity index (χ0v) is 11.7. The van der Waals surface area contributed by atoms with Gasteiger partial charge in [-0.2, -0.15) is 0 Å². The van der Waals surface area contributed by atoms with Gasteiger partial charge in [0.15, 0.2) is 10.1 Å². The number of thiazole rings is 1. The fourth-order valence-electron chi connectivity index (χ4n) is 1.22. The van der Waals surface area contributed by atoms with Gasteiger partial charge in [0.05, 0.1) is 0 Å². The lowest BCUT2D eigenvalue weighted by atomic mass is 10.1. The smallest absolute Gasteiger partial charge is 0.160 e. The predicted molar refractivity (Wildman–Crippen MR) is 70.4 cm³/mol. The van der Waals surface area contributed by atoms with Gasteiger partial charge in [-0.05, 0) is 25.1 Å².